The van der Waals surface area contributed by atoms with Crippen LogP contribution in [-0.2, 0) is 4.74 Å². The van der Waals surface area contributed by atoms with Crippen LogP contribution in [0.25, 0.3) is 0 Å². The van der Waals surface area contributed by atoms with Crippen LogP contribution in [-0.4, -0.2) is 23.4 Å². The Hall–Kier alpha value is -0.770. The van der Waals surface area contributed by atoms with Crippen LogP contribution >= 0.6 is 0 Å². The van der Waals surface area contributed by atoms with E-state index in [1.807, 2.05) is 6.92 Å². The van der Waals surface area contributed by atoms with E-state index in [1.165, 1.54) is 0 Å². The second-order valence-electron chi connectivity index (χ2n) is 3.42. The molecule has 3 N–H and O–H groups in total. The van der Waals surface area contributed by atoms with E-state index in [0.717, 1.165) is 12.8 Å². The lowest BCUT2D eigenvalue weighted by Crippen LogP contribution is -2.34. The summed E-state index contributed by atoms with van der Waals surface area (Å²) in [7, 11) is 0. The summed E-state index contributed by atoms with van der Waals surface area (Å²) in [6, 6.07) is 0. The number of aliphatic hydroxyl groups excluding tert-OH is 1. The molecule has 0 saturated heterocycles. The van der Waals surface area contributed by atoms with Gasteiger partial charge >= 0.3 is 6.09 Å². The molecule has 1 saturated carbocycles. The van der Waals surface area contributed by atoms with Gasteiger partial charge in [0.25, 0.3) is 0 Å². The third-order valence-electron chi connectivity index (χ3n) is 2.39. The molecule has 0 spiro atoms. The maximum Gasteiger partial charge on any atom is 0.404 e. The number of nitrogens with two attached hydrogens (primary N) is 1. The van der Waals surface area contributed by atoms with E-state index in [0.29, 0.717) is 12.3 Å². The van der Waals surface area contributed by atoms with Gasteiger partial charge in [-0.3, -0.25) is 0 Å². The van der Waals surface area contributed by atoms with E-state index in [9.17, 15) is 9.90 Å². The van der Waals surface area contributed by atoms with Crippen molar-refractivity contribution in [3.8, 4) is 0 Å². The molecule has 12 heavy (non-hydrogen) atoms. The molecule has 1 aliphatic carbocycles. The van der Waals surface area contributed by atoms with E-state index < -0.39 is 6.09 Å². The SMILES string of the molecule is C[C@@H]1CC[C@@H](OC(N)=O)C[C@H]1O. The van der Waals surface area contributed by atoms with Gasteiger partial charge in [0.1, 0.15) is 6.10 Å². The van der Waals surface area contributed by atoms with E-state index in [-0.39, 0.29) is 12.2 Å². The second kappa shape index (κ2) is 3.76. The molecule has 3 atom stereocenters. The van der Waals surface area contributed by atoms with Gasteiger partial charge in [-0.05, 0) is 18.8 Å². The van der Waals surface area contributed by atoms with Gasteiger partial charge in [-0.1, -0.05) is 6.92 Å². The zero-order chi connectivity index (χ0) is 9.14. The summed E-state index contributed by atoms with van der Waals surface area (Å²) in [5, 5.41) is 9.43. The van der Waals surface area contributed by atoms with Crippen molar-refractivity contribution in [3.05, 3.63) is 0 Å². The maximum absolute atomic E-state index is 10.4. The number of hydrogen-bond acceptors (Lipinski definition) is 3. The molecule has 0 aromatic heterocycles. The summed E-state index contributed by atoms with van der Waals surface area (Å²) < 4.78 is 4.79. The molecular weight excluding hydrogens is 158 g/mol. The molecule has 0 aromatic rings. The van der Waals surface area contributed by atoms with Gasteiger partial charge in [0.05, 0.1) is 6.10 Å². The minimum Gasteiger partial charge on any atom is -0.446 e. The van der Waals surface area contributed by atoms with Crippen molar-refractivity contribution in [1.82, 2.24) is 0 Å². The van der Waals surface area contributed by atoms with Crippen LogP contribution in [0, 0.1) is 5.92 Å². The van der Waals surface area contributed by atoms with Crippen molar-refractivity contribution < 1.29 is 14.6 Å². The van der Waals surface area contributed by atoms with Crippen molar-refractivity contribution in [2.45, 2.75) is 38.4 Å². The number of rotatable bonds is 1. The van der Waals surface area contributed by atoms with Crippen LogP contribution in [0.5, 0.6) is 0 Å². The number of primary amides is 1. The molecule has 70 valence electrons. The average Bonchev–Trinajstić information content (AvgIpc) is 1.96. The van der Waals surface area contributed by atoms with Gasteiger partial charge in [0.15, 0.2) is 0 Å². The Labute approximate surface area is 71.7 Å². The molecule has 4 nitrogen and oxygen atoms in total. The third kappa shape index (κ3) is 2.37. The van der Waals surface area contributed by atoms with Crippen molar-refractivity contribution in [3.63, 3.8) is 0 Å². The van der Waals surface area contributed by atoms with Gasteiger partial charge < -0.3 is 15.6 Å². The van der Waals surface area contributed by atoms with Crippen LogP contribution in [0.1, 0.15) is 26.2 Å². The van der Waals surface area contributed by atoms with Crippen molar-refractivity contribution in [2.75, 3.05) is 0 Å². The van der Waals surface area contributed by atoms with Crippen molar-refractivity contribution in [1.29, 1.82) is 0 Å². The first-order valence-electron chi connectivity index (χ1n) is 4.23. The number of carbonyl (C=O) groups excluding carboxylic acids is 1. The smallest absolute Gasteiger partial charge is 0.404 e. The van der Waals surface area contributed by atoms with Gasteiger partial charge in [0, 0.05) is 6.42 Å². The molecule has 0 heterocycles. The molecule has 4 heteroatoms. The monoisotopic (exact) mass is 173 g/mol. The fraction of sp³-hybridized carbons (Fsp3) is 0.875. The Morgan fingerprint density at radius 3 is 2.75 bits per heavy atom. The first kappa shape index (κ1) is 9.32. The number of hydrogen-bond donors (Lipinski definition) is 2. The van der Waals surface area contributed by atoms with Crippen LogP contribution in [0.2, 0.25) is 0 Å². The lowest BCUT2D eigenvalue weighted by atomic mass is 9.86. The highest BCUT2D eigenvalue weighted by atomic mass is 16.6. The number of amides is 1. The first-order chi connectivity index (χ1) is 5.59. The van der Waals surface area contributed by atoms with Gasteiger partial charge in [0.2, 0.25) is 0 Å². The topological polar surface area (TPSA) is 72.5 Å². The third-order valence-corrected chi connectivity index (χ3v) is 2.39. The summed E-state index contributed by atoms with van der Waals surface area (Å²) in [5.74, 6) is 0.303. The summed E-state index contributed by atoms with van der Waals surface area (Å²) in [6.07, 6.45) is 0.920. The lowest BCUT2D eigenvalue weighted by molar-refractivity contribution is -0.000882. The first-order valence-corrected chi connectivity index (χ1v) is 4.23. The van der Waals surface area contributed by atoms with Crippen LogP contribution in [0.4, 0.5) is 4.79 Å². The van der Waals surface area contributed by atoms with E-state index >= 15 is 0 Å². The zero-order valence-corrected chi connectivity index (χ0v) is 7.19. The summed E-state index contributed by atoms with van der Waals surface area (Å²) in [5.41, 5.74) is 4.86. The molecule has 0 aliphatic heterocycles. The van der Waals surface area contributed by atoms with Gasteiger partial charge in [-0.2, -0.15) is 0 Å². The second-order valence-corrected chi connectivity index (χ2v) is 3.42. The molecule has 1 fully saturated rings. The predicted molar refractivity (Wildman–Crippen MR) is 43.5 cm³/mol. The highest BCUT2D eigenvalue weighted by Crippen LogP contribution is 2.25. The largest absolute Gasteiger partial charge is 0.446 e. The Bertz CT molecular complexity index is 172. The molecule has 0 radical (unpaired) electrons. The highest BCUT2D eigenvalue weighted by Gasteiger charge is 2.27. The number of carbonyl (C=O) groups is 1. The Morgan fingerprint density at radius 1 is 1.58 bits per heavy atom. The minimum atomic E-state index is -0.748. The number of ether oxygens (including phenoxy) is 1. The Balaban J connectivity index is 2.35. The predicted octanol–water partition coefficient (Wildman–Crippen LogP) is 0.631. The molecule has 1 amide bonds. The fourth-order valence-electron chi connectivity index (χ4n) is 1.53. The van der Waals surface area contributed by atoms with Crippen LogP contribution < -0.4 is 5.73 Å². The summed E-state index contributed by atoms with van der Waals surface area (Å²) in [4.78, 5) is 10.4. The zero-order valence-electron chi connectivity index (χ0n) is 7.19. The molecule has 0 unspecified atom stereocenters. The molecular formula is C8H15NO3. The normalized spacial score (nSPS) is 36.0. The standard InChI is InChI=1S/C8H15NO3/c1-5-2-3-6(4-7(5)10)12-8(9)11/h5-7,10H,2-4H2,1H3,(H2,9,11)/t5-,6-,7-/m1/s1. The minimum absolute atomic E-state index is 0.186. The fourth-order valence-corrected chi connectivity index (χ4v) is 1.53. The van der Waals surface area contributed by atoms with Crippen LogP contribution in [0.15, 0.2) is 0 Å². The van der Waals surface area contributed by atoms with E-state index in [2.05, 4.69) is 0 Å². The Kier molecular flexibility index (Phi) is 2.92. The van der Waals surface area contributed by atoms with Gasteiger partial charge in [-0.25, -0.2) is 4.79 Å². The molecule has 1 rings (SSSR count). The highest BCUT2D eigenvalue weighted by molar-refractivity contribution is 5.64. The van der Waals surface area contributed by atoms with E-state index in [4.69, 9.17) is 10.5 Å². The molecule has 0 bridgehead atoms. The molecule has 0 aromatic carbocycles. The van der Waals surface area contributed by atoms with Gasteiger partial charge in [-0.15, -0.1) is 0 Å². The lowest BCUT2D eigenvalue weighted by Gasteiger charge is -2.29. The Morgan fingerprint density at radius 2 is 2.25 bits per heavy atom. The quantitative estimate of drug-likeness (QED) is 0.611. The van der Waals surface area contributed by atoms with E-state index in [1.54, 1.807) is 0 Å². The molecule has 1 aliphatic rings. The van der Waals surface area contributed by atoms with Crippen molar-refractivity contribution in [2.24, 2.45) is 11.7 Å². The summed E-state index contributed by atoms with van der Waals surface area (Å²) in [6.45, 7) is 1.99. The van der Waals surface area contributed by atoms with Crippen LogP contribution in [0.3, 0.4) is 0 Å². The average molecular weight is 173 g/mol. The summed E-state index contributed by atoms with van der Waals surface area (Å²) >= 11 is 0. The van der Waals surface area contributed by atoms with Crippen molar-refractivity contribution >= 4 is 6.09 Å². The maximum atomic E-state index is 10.4. The number of aliphatic hydroxyl groups is 1.